The molecule has 0 radical (unpaired) electrons. The van der Waals surface area contributed by atoms with Crippen LogP contribution in [0.3, 0.4) is 0 Å². The number of carbonyl (C=O) groups is 2. The maximum absolute atomic E-state index is 12.6. The Morgan fingerprint density at radius 3 is 2.65 bits per heavy atom. The first kappa shape index (κ1) is 18.1. The molecule has 6 heteroatoms. The summed E-state index contributed by atoms with van der Waals surface area (Å²) in [5.74, 6) is -1.32. The lowest BCUT2D eigenvalue weighted by Gasteiger charge is -2.36. The number of carbonyl (C=O) groups excluding carboxylic acids is 1. The fraction of sp³-hybridized carbons (Fsp3) is 0.529. The Bertz CT molecular complexity index is 606. The molecule has 1 saturated heterocycles. The van der Waals surface area contributed by atoms with E-state index in [9.17, 15) is 9.59 Å². The van der Waals surface area contributed by atoms with Gasteiger partial charge in [-0.1, -0.05) is 43.1 Å². The van der Waals surface area contributed by atoms with Crippen molar-refractivity contribution in [2.45, 2.75) is 26.7 Å². The predicted molar refractivity (Wildman–Crippen MR) is 90.8 cm³/mol. The highest BCUT2D eigenvalue weighted by molar-refractivity contribution is 6.35. The van der Waals surface area contributed by atoms with Gasteiger partial charge < -0.3 is 10.0 Å². The van der Waals surface area contributed by atoms with Crippen molar-refractivity contribution in [2.75, 3.05) is 13.1 Å². The van der Waals surface area contributed by atoms with E-state index >= 15 is 0 Å². The molecular formula is C17H21Cl2NO3. The van der Waals surface area contributed by atoms with Crippen LogP contribution >= 0.6 is 23.2 Å². The van der Waals surface area contributed by atoms with Crippen LogP contribution in [0.25, 0.3) is 0 Å². The maximum atomic E-state index is 12.6. The first-order valence-corrected chi connectivity index (χ1v) is 8.50. The number of halogens is 2. The van der Waals surface area contributed by atoms with E-state index in [1.165, 1.54) is 0 Å². The summed E-state index contributed by atoms with van der Waals surface area (Å²) in [6.07, 6.45) is 1.05. The van der Waals surface area contributed by atoms with Crippen molar-refractivity contribution in [2.24, 2.45) is 17.8 Å². The fourth-order valence-electron chi connectivity index (χ4n) is 3.13. The minimum absolute atomic E-state index is 0.0310. The van der Waals surface area contributed by atoms with Crippen LogP contribution in [-0.2, 0) is 16.0 Å². The summed E-state index contributed by atoms with van der Waals surface area (Å²) < 4.78 is 0. The third-order valence-electron chi connectivity index (χ3n) is 4.50. The Labute approximate surface area is 146 Å². The van der Waals surface area contributed by atoms with Crippen molar-refractivity contribution >= 4 is 35.1 Å². The third-order valence-corrected chi connectivity index (χ3v) is 5.08. The quantitative estimate of drug-likeness (QED) is 0.892. The number of likely N-dealkylation sites (tertiary alicyclic amines) is 1. The van der Waals surface area contributed by atoms with Gasteiger partial charge in [-0.05, 0) is 36.5 Å². The SMILES string of the molecule is CC(Cc1ccc(Cl)cc1Cl)C(=O)N1CCC(C(=O)O)C(C)C1. The van der Waals surface area contributed by atoms with Crippen molar-refractivity contribution in [3.05, 3.63) is 33.8 Å². The molecule has 1 aliphatic rings. The van der Waals surface area contributed by atoms with Crippen LogP contribution in [0.5, 0.6) is 0 Å². The van der Waals surface area contributed by atoms with Crippen LogP contribution in [-0.4, -0.2) is 35.0 Å². The largest absolute Gasteiger partial charge is 0.481 e. The molecule has 1 aromatic rings. The second-order valence-corrected chi connectivity index (χ2v) is 7.18. The zero-order valence-electron chi connectivity index (χ0n) is 13.3. The van der Waals surface area contributed by atoms with Gasteiger partial charge in [-0.3, -0.25) is 9.59 Å². The molecule has 2 rings (SSSR count). The minimum Gasteiger partial charge on any atom is -0.481 e. The number of benzene rings is 1. The number of aliphatic carboxylic acids is 1. The second-order valence-electron chi connectivity index (χ2n) is 6.34. The van der Waals surface area contributed by atoms with E-state index in [0.29, 0.717) is 36.0 Å². The van der Waals surface area contributed by atoms with Crippen LogP contribution in [0.1, 0.15) is 25.8 Å². The van der Waals surface area contributed by atoms with Crippen LogP contribution in [0.4, 0.5) is 0 Å². The third kappa shape index (κ3) is 4.39. The molecular weight excluding hydrogens is 337 g/mol. The molecule has 0 aromatic heterocycles. The molecule has 23 heavy (non-hydrogen) atoms. The topological polar surface area (TPSA) is 57.6 Å². The number of piperidine rings is 1. The Kier molecular flexibility index (Phi) is 5.93. The highest BCUT2D eigenvalue weighted by Crippen LogP contribution is 2.27. The monoisotopic (exact) mass is 357 g/mol. The molecule has 1 N–H and O–H groups in total. The van der Waals surface area contributed by atoms with Crippen LogP contribution in [0, 0.1) is 17.8 Å². The van der Waals surface area contributed by atoms with E-state index in [-0.39, 0.29) is 23.7 Å². The summed E-state index contributed by atoms with van der Waals surface area (Å²) in [5, 5.41) is 10.3. The number of hydrogen-bond donors (Lipinski definition) is 1. The fourth-order valence-corrected chi connectivity index (χ4v) is 3.61. The van der Waals surface area contributed by atoms with Gasteiger partial charge in [-0.2, -0.15) is 0 Å². The molecule has 4 nitrogen and oxygen atoms in total. The van der Waals surface area contributed by atoms with Crippen molar-refractivity contribution in [3.8, 4) is 0 Å². The molecule has 0 bridgehead atoms. The Morgan fingerprint density at radius 1 is 1.39 bits per heavy atom. The van der Waals surface area contributed by atoms with E-state index < -0.39 is 5.97 Å². The van der Waals surface area contributed by atoms with Crippen LogP contribution in [0.15, 0.2) is 18.2 Å². The van der Waals surface area contributed by atoms with Crippen molar-refractivity contribution in [3.63, 3.8) is 0 Å². The number of amides is 1. The summed E-state index contributed by atoms with van der Waals surface area (Å²) in [4.78, 5) is 25.5. The van der Waals surface area contributed by atoms with E-state index in [1.807, 2.05) is 19.9 Å². The van der Waals surface area contributed by atoms with Crippen LogP contribution in [0.2, 0.25) is 10.0 Å². The van der Waals surface area contributed by atoms with Crippen molar-refractivity contribution in [1.29, 1.82) is 0 Å². The Morgan fingerprint density at radius 2 is 2.09 bits per heavy atom. The van der Waals surface area contributed by atoms with Gasteiger partial charge in [-0.25, -0.2) is 0 Å². The van der Waals surface area contributed by atoms with E-state index in [4.69, 9.17) is 28.3 Å². The summed E-state index contributed by atoms with van der Waals surface area (Å²) in [6.45, 7) is 4.76. The zero-order valence-corrected chi connectivity index (χ0v) is 14.8. The van der Waals surface area contributed by atoms with Crippen molar-refractivity contribution < 1.29 is 14.7 Å². The van der Waals surface area contributed by atoms with Gasteiger partial charge >= 0.3 is 5.97 Å². The van der Waals surface area contributed by atoms with Gasteiger partial charge in [-0.15, -0.1) is 0 Å². The molecule has 0 spiro atoms. The maximum Gasteiger partial charge on any atom is 0.306 e. The molecule has 1 amide bonds. The van der Waals surface area contributed by atoms with Gasteiger partial charge in [0.05, 0.1) is 5.92 Å². The number of carboxylic acid groups (broad SMARTS) is 1. The highest BCUT2D eigenvalue weighted by Gasteiger charge is 2.34. The number of nitrogens with zero attached hydrogens (tertiary/aromatic N) is 1. The van der Waals surface area contributed by atoms with Gasteiger partial charge in [0.1, 0.15) is 0 Å². The molecule has 1 aliphatic heterocycles. The molecule has 3 atom stereocenters. The first-order valence-electron chi connectivity index (χ1n) is 7.75. The van der Waals surface area contributed by atoms with Gasteiger partial charge in [0.2, 0.25) is 5.91 Å². The molecule has 1 aromatic carbocycles. The summed E-state index contributed by atoms with van der Waals surface area (Å²) in [6, 6.07) is 5.28. The average molecular weight is 358 g/mol. The van der Waals surface area contributed by atoms with E-state index in [2.05, 4.69) is 0 Å². The predicted octanol–water partition coefficient (Wildman–Crippen LogP) is 3.74. The van der Waals surface area contributed by atoms with E-state index in [1.54, 1.807) is 17.0 Å². The number of hydrogen-bond acceptors (Lipinski definition) is 2. The van der Waals surface area contributed by atoms with Gasteiger partial charge in [0, 0.05) is 29.1 Å². The molecule has 1 fully saturated rings. The molecule has 0 aliphatic carbocycles. The zero-order chi connectivity index (χ0) is 17.1. The van der Waals surface area contributed by atoms with Gasteiger partial charge in [0.15, 0.2) is 0 Å². The molecule has 3 unspecified atom stereocenters. The number of rotatable bonds is 4. The lowest BCUT2D eigenvalue weighted by atomic mass is 9.86. The first-order chi connectivity index (χ1) is 10.8. The van der Waals surface area contributed by atoms with Crippen LogP contribution < -0.4 is 0 Å². The normalized spacial score (nSPS) is 22.7. The lowest BCUT2D eigenvalue weighted by Crippen LogP contribution is -2.47. The lowest BCUT2D eigenvalue weighted by molar-refractivity contribution is -0.149. The van der Waals surface area contributed by atoms with Crippen molar-refractivity contribution in [1.82, 2.24) is 4.90 Å². The molecule has 0 saturated carbocycles. The van der Waals surface area contributed by atoms with Gasteiger partial charge in [0.25, 0.3) is 0 Å². The Hall–Kier alpha value is -1.26. The minimum atomic E-state index is -0.773. The number of carboxylic acids is 1. The summed E-state index contributed by atoms with van der Waals surface area (Å²) in [5.41, 5.74) is 0.894. The summed E-state index contributed by atoms with van der Waals surface area (Å²) in [7, 11) is 0. The molecule has 1 heterocycles. The standard InChI is InChI=1S/C17H21Cl2NO3/c1-10(7-12-3-4-13(18)8-15(12)19)16(21)20-6-5-14(17(22)23)11(2)9-20/h3-4,8,10-11,14H,5-7,9H2,1-2H3,(H,22,23). The second kappa shape index (κ2) is 7.54. The molecule has 126 valence electrons. The highest BCUT2D eigenvalue weighted by atomic mass is 35.5. The summed E-state index contributed by atoms with van der Waals surface area (Å²) >= 11 is 12.1. The Balaban J connectivity index is 1.99. The smallest absolute Gasteiger partial charge is 0.306 e. The van der Waals surface area contributed by atoms with E-state index in [0.717, 1.165) is 5.56 Å². The average Bonchev–Trinajstić information content (AvgIpc) is 2.48.